The van der Waals surface area contributed by atoms with Crippen molar-refractivity contribution in [1.29, 1.82) is 0 Å². The van der Waals surface area contributed by atoms with Crippen molar-refractivity contribution in [1.82, 2.24) is 15.1 Å². The minimum absolute atomic E-state index is 0.298. The predicted molar refractivity (Wildman–Crippen MR) is 87.3 cm³/mol. The number of rotatable bonds is 6. The predicted octanol–water partition coefficient (Wildman–Crippen LogP) is 2.71. The van der Waals surface area contributed by atoms with E-state index in [2.05, 4.69) is 35.9 Å². The summed E-state index contributed by atoms with van der Waals surface area (Å²) in [5.41, 5.74) is 0.298. The van der Waals surface area contributed by atoms with Gasteiger partial charge in [0.05, 0.1) is 0 Å². The molecule has 0 aromatic rings. The Morgan fingerprint density at radius 3 is 2.25 bits per heavy atom. The lowest BCUT2D eigenvalue weighted by atomic mass is 9.99. The smallest absolute Gasteiger partial charge is 0.0123 e. The van der Waals surface area contributed by atoms with Gasteiger partial charge in [0.25, 0.3) is 0 Å². The summed E-state index contributed by atoms with van der Waals surface area (Å²) in [5, 5.41) is 3.68. The van der Waals surface area contributed by atoms with E-state index < -0.39 is 0 Å². The molecule has 2 heterocycles. The van der Waals surface area contributed by atoms with Gasteiger partial charge in [0.2, 0.25) is 0 Å². The van der Waals surface area contributed by atoms with Gasteiger partial charge in [-0.25, -0.2) is 0 Å². The lowest BCUT2D eigenvalue weighted by Gasteiger charge is -2.40. The van der Waals surface area contributed by atoms with Gasteiger partial charge in [0.15, 0.2) is 0 Å². The van der Waals surface area contributed by atoms with Crippen LogP contribution in [-0.2, 0) is 0 Å². The van der Waals surface area contributed by atoms with E-state index >= 15 is 0 Å². The fourth-order valence-corrected chi connectivity index (χ4v) is 3.47. The number of nitrogens with zero attached hydrogens (tertiary/aromatic N) is 2. The van der Waals surface area contributed by atoms with Crippen molar-refractivity contribution in [3.63, 3.8) is 0 Å². The monoisotopic (exact) mass is 281 g/mol. The Labute approximate surface area is 126 Å². The zero-order chi connectivity index (χ0) is 14.4. The Kier molecular flexibility index (Phi) is 6.31. The molecule has 3 heteroatoms. The van der Waals surface area contributed by atoms with Crippen LogP contribution in [0.25, 0.3) is 0 Å². The Morgan fingerprint density at radius 2 is 1.65 bits per heavy atom. The number of hydrogen-bond donors (Lipinski definition) is 1. The molecule has 0 aromatic heterocycles. The van der Waals surface area contributed by atoms with Crippen molar-refractivity contribution in [3.8, 4) is 0 Å². The quantitative estimate of drug-likeness (QED) is 0.807. The second-order valence-electron chi connectivity index (χ2n) is 7.33. The van der Waals surface area contributed by atoms with Crippen LogP contribution in [0.3, 0.4) is 0 Å². The third-order valence-corrected chi connectivity index (χ3v) is 5.38. The molecule has 0 unspecified atom stereocenters. The number of piperidine rings is 2. The highest BCUT2D eigenvalue weighted by molar-refractivity contribution is 4.82. The maximum Gasteiger partial charge on any atom is 0.0123 e. The van der Waals surface area contributed by atoms with Crippen molar-refractivity contribution in [2.24, 2.45) is 0 Å². The molecule has 0 aromatic carbocycles. The summed E-state index contributed by atoms with van der Waals surface area (Å²) in [7, 11) is 0. The molecule has 0 spiro atoms. The molecule has 0 atom stereocenters. The molecule has 2 aliphatic rings. The number of likely N-dealkylation sites (tertiary alicyclic amines) is 2. The normalized spacial score (nSPS) is 24.1. The lowest BCUT2D eigenvalue weighted by Crippen LogP contribution is -2.49. The molecule has 0 aliphatic carbocycles. The largest absolute Gasteiger partial charge is 0.311 e. The van der Waals surface area contributed by atoms with Crippen molar-refractivity contribution in [2.45, 2.75) is 70.9 Å². The SMILES string of the molecule is CCC(C)(C)NCCN1CCC(N2CCCCC2)CC1. The summed E-state index contributed by atoms with van der Waals surface area (Å²) in [5.74, 6) is 0. The minimum atomic E-state index is 0.298. The highest BCUT2D eigenvalue weighted by Crippen LogP contribution is 2.20. The van der Waals surface area contributed by atoms with Gasteiger partial charge in [-0.3, -0.25) is 0 Å². The third kappa shape index (κ3) is 5.01. The van der Waals surface area contributed by atoms with Gasteiger partial charge in [-0.05, 0) is 72.1 Å². The zero-order valence-electron chi connectivity index (χ0n) is 14.0. The maximum absolute atomic E-state index is 3.68. The molecule has 0 amide bonds. The van der Waals surface area contributed by atoms with Gasteiger partial charge >= 0.3 is 0 Å². The van der Waals surface area contributed by atoms with Crippen LogP contribution >= 0.6 is 0 Å². The first-order chi connectivity index (χ1) is 9.61. The molecular formula is C17H35N3. The molecule has 3 nitrogen and oxygen atoms in total. The summed E-state index contributed by atoms with van der Waals surface area (Å²) >= 11 is 0. The van der Waals surface area contributed by atoms with Gasteiger partial charge in [0.1, 0.15) is 0 Å². The van der Waals surface area contributed by atoms with E-state index in [0.29, 0.717) is 5.54 Å². The van der Waals surface area contributed by atoms with E-state index in [-0.39, 0.29) is 0 Å². The van der Waals surface area contributed by atoms with Crippen molar-refractivity contribution >= 4 is 0 Å². The highest BCUT2D eigenvalue weighted by Gasteiger charge is 2.25. The molecular weight excluding hydrogens is 246 g/mol. The average molecular weight is 281 g/mol. The fraction of sp³-hybridized carbons (Fsp3) is 1.00. The van der Waals surface area contributed by atoms with E-state index in [1.54, 1.807) is 0 Å². The van der Waals surface area contributed by atoms with Crippen molar-refractivity contribution in [3.05, 3.63) is 0 Å². The number of hydrogen-bond acceptors (Lipinski definition) is 3. The second-order valence-corrected chi connectivity index (χ2v) is 7.33. The van der Waals surface area contributed by atoms with Gasteiger partial charge < -0.3 is 15.1 Å². The van der Waals surface area contributed by atoms with Crippen LogP contribution in [0.2, 0.25) is 0 Å². The molecule has 2 aliphatic heterocycles. The van der Waals surface area contributed by atoms with Crippen LogP contribution in [0, 0.1) is 0 Å². The van der Waals surface area contributed by atoms with E-state index in [9.17, 15) is 0 Å². The first-order valence-electron chi connectivity index (χ1n) is 8.82. The summed E-state index contributed by atoms with van der Waals surface area (Å²) in [6, 6.07) is 0.881. The first-order valence-corrected chi connectivity index (χ1v) is 8.82. The summed E-state index contributed by atoms with van der Waals surface area (Å²) in [4.78, 5) is 5.42. The van der Waals surface area contributed by atoms with Gasteiger partial charge in [-0.1, -0.05) is 13.3 Å². The highest BCUT2D eigenvalue weighted by atomic mass is 15.2. The van der Waals surface area contributed by atoms with Crippen LogP contribution in [0.15, 0.2) is 0 Å². The molecule has 118 valence electrons. The summed E-state index contributed by atoms with van der Waals surface area (Å²) in [6.07, 6.45) is 8.28. The minimum Gasteiger partial charge on any atom is -0.311 e. The van der Waals surface area contributed by atoms with Crippen molar-refractivity contribution in [2.75, 3.05) is 39.3 Å². The van der Waals surface area contributed by atoms with Crippen LogP contribution < -0.4 is 5.32 Å². The van der Waals surface area contributed by atoms with Crippen LogP contribution in [0.1, 0.15) is 59.3 Å². The molecule has 0 saturated carbocycles. The molecule has 20 heavy (non-hydrogen) atoms. The standard InChI is InChI=1S/C17H35N3/c1-4-17(2,3)18-10-15-19-13-8-16(9-14-19)20-11-6-5-7-12-20/h16,18H,4-15H2,1-3H3. The van der Waals surface area contributed by atoms with Gasteiger partial charge in [-0.2, -0.15) is 0 Å². The molecule has 2 fully saturated rings. The van der Waals surface area contributed by atoms with E-state index in [1.807, 2.05) is 0 Å². The summed E-state index contributed by atoms with van der Waals surface area (Å²) < 4.78 is 0. The van der Waals surface area contributed by atoms with Gasteiger partial charge in [0, 0.05) is 24.7 Å². The first kappa shape index (κ1) is 16.3. The Hall–Kier alpha value is -0.120. The molecule has 0 radical (unpaired) electrons. The van der Waals surface area contributed by atoms with Crippen molar-refractivity contribution < 1.29 is 0 Å². The van der Waals surface area contributed by atoms with Crippen LogP contribution in [-0.4, -0.2) is 60.6 Å². The van der Waals surface area contributed by atoms with E-state index in [0.717, 1.165) is 12.6 Å². The van der Waals surface area contributed by atoms with E-state index in [1.165, 1.54) is 71.2 Å². The fourth-order valence-electron chi connectivity index (χ4n) is 3.47. The van der Waals surface area contributed by atoms with Crippen LogP contribution in [0.4, 0.5) is 0 Å². The average Bonchev–Trinajstić information content (AvgIpc) is 2.49. The third-order valence-electron chi connectivity index (χ3n) is 5.38. The zero-order valence-corrected chi connectivity index (χ0v) is 14.0. The molecule has 1 N–H and O–H groups in total. The summed E-state index contributed by atoms with van der Waals surface area (Å²) in [6.45, 7) is 14.5. The molecule has 2 saturated heterocycles. The van der Waals surface area contributed by atoms with E-state index in [4.69, 9.17) is 0 Å². The Bertz CT molecular complexity index is 263. The Balaban J connectivity index is 1.61. The maximum atomic E-state index is 3.68. The second kappa shape index (κ2) is 7.77. The molecule has 0 bridgehead atoms. The van der Waals surface area contributed by atoms with Gasteiger partial charge in [-0.15, -0.1) is 0 Å². The Morgan fingerprint density at radius 1 is 1.00 bits per heavy atom. The number of nitrogens with one attached hydrogen (secondary N) is 1. The molecule has 2 rings (SSSR count). The lowest BCUT2D eigenvalue weighted by molar-refractivity contribution is 0.0920. The topological polar surface area (TPSA) is 18.5 Å². The van der Waals surface area contributed by atoms with Crippen LogP contribution in [0.5, 0.6) is 0 Å².